The summed E-state index contributed by atoms with van der Waals surface area (Å²) in [4.78, 5) is 24.9. The first-order valence-electron chi connectivity index (χ1n) is 7.00. The number of halogens is 1. The molecule has 0 radical (unpaired) electrons. The van der Waals surface area contributed by atoms with Gasteiger partial charge in [0.2, 0.25) is 5.91 Å². The number of amides is 1. The van der Waals surface area contributed by atoms with E-state index in [4.69, 9.17) is 0 Å². The Morgan fingerprint density at radius 1 is 1.33 bits per heavy atom. The van der Waals surface area contributed by atoms with Crippen molar-refractivity contribution in [1.29, 1.82) is 0 Å². The monoisotopic (exact) mass is 349 g/mol. The second-order valence-electron chi connectivity index (χ2n) is 4.99. The smallest absolute Gasteiger partial charge is 0.292 e. The Morgan fingerprint density at radius 3 is 2.71 bits per heavy atom. The Morgan fingerprint density at radius 2 is 2.04 bits per heavy atom. The van der Waals surface area contributed by atoms with Crippen molar-refractivity contribution in [1.82, 2.24) is 0 Å². The largest absolute Gasteiger partial charge is 0.360 e. The molecule has 0 bridgehead atoms. The molecule has 0 saturated heterocycles. The van der Waals surface area contributed by atoms with Gasteiger partial charge in [-0.15, -0.1) is 11.8 Å². The van der Waals surface area contributed by atoms with Gasteiger partial charge in [0.1, 0.15) is 11.5 Å². The molecule has 0 atom stereocenters. The zero-order chi connectivity index (χ0) is 17.7. The number of hydrogen-bond acceptors (Lipinski definition) is 5. The fourth-order valence-corrected chi connectivity index (χ4v) is 2.75. The van der Waals surface area contributed by atoms with Crippen LogP contribution in [-0.4, -0.2) is 30.7 Å². The van der Waals surface area contributed by atoms with Gasteiger partial charge in [0, 0.05) is 24.1 Å². The highest BCUT2D eigenvalue weighted by atomic mass is 32.2. The van der Waals surface area contributed by atoms with Crippen molar-refractivity contribution in [2.75, 3.05) is 30.1 Å². The normalized spacial score (nSPS) is 10.3. The van der Waals surface area contributed by atoms with Crippen LogP contribution in [0.1, 0.15) is 0 Å². The van der Waals surface area contributed by atoms with Crippen LogP contribution in [0.3, 0.4) is 0 Å². The van der Waals surface area contributed by atoms with Gasteiger partial charge in [0.15, 0.2) is 0 Å². The first-order valence-corrected chi connectivity index (χ1v) is 8.22. The van der Waals surface area contributed by atoms with Crippen molar-refractivity contribution in [2.24, 2.45) is 0 Å². The van der Waals surface area contributed by atoms with Gasteiger partial charge >= 0.3 is 0 Å². The van der Waals surface area contributed by atoms with Crippen LogP contribution in [0.15, 0.2) is 47.4 Å². The molecule has 0 saturated carbocycles. The molecular formula is C16H16FN3O3S. The molecule has 0 aliphatic heterocycles. The summed E-state index contributed by atoms with van der Waals surface area (Å²) in [6, 6.07) is 10.5. The molecule has 0 aliphatic rings. The highest BCUT2D eigenvalue weighted by Gasteiger charge is 2.20. The fraction of sp³-hybridized carbons (Fsp3) is 0.188. The number of nitro benzene ring substituents is 1. The van der Waals surface area contributed by atoms with E-state index in [0.29, 0.717) is 5.69 Å². The minimum atomic E-state index is -0.605. The van der Waals surface area contributed by atoms with Gasteiger partial charge < -0.3 is 10.2 Å². The Kier molecular flexibility index (Phi) is 5.75. The molecule has 0 spiro atoms. The number of nitro groups is 1. The van der Waals surface area contributed by atoms with Gasteiger partial charge in [-0.25, -0.2) is 4.39 Å². The summed E-state index contributed by atoms with van der Waals surface area (Å²) in [5.41, 5.74) is 0.460. The van der Waals surface area contributed by atoms with Crippen LogP contribution >= 0.6 is 11.8 Å². The van der Waals surface area contributed by atoms with Crippen LogP contribution < -0.4 is 10.2 Å². The Labute approximate surface area is 142 Å². The Bertz CT molecular complexity index is 770. The number of rotatable bonds is 6. The minimum Gasteiger partial charge on any atom is -0.360 e. The number of anilines is 2. The molecule has 24 heavy (non-hydrogen) atoms. The van der Waals surface area contributed by atoms with E-state index in [9.17, 15) is 19.3 Å². The van der Waals surface area contributed by atoms with E-state index in [2.05, 4.69) is 5.32 Å². The fourth-order valence-electron chi connectivity index (χ4n) is 2.19. The summed E-state index contributed by atoms with van der Waals surface area (Å²) in [6.07, 6.45) is 1.90. The zero-order valence-electron chi connectivity index (χ0n) is 13.2. The van der Waals surface area contributed by atoms with Crippen molar-refractivity contribution >= 4 is 34.7 Å². The maximum absolute atomic E-state index is 13.4. The third-order valence-electron chi connectivity index (χ3n) is 3.31. The summed E-state index contributed by atoms with van der Waals surface area (Å²) in [5, 5.41) is 13.8. The van der Waals surface area contributed by atoms with Crippen LogP contribution in [0.25, 0.3) is 0 Å². The van der Waals surface area contributed by atoms with E-state index >= 15 is 0 Å². The molecule has 2 aromatic carbocycles. The zero-order valence-corrected chi connectivity index (χ0v) is 14.0. The van der Waals surface area contributed by atoms with Gasteiger partial charge in [-0.1, -0.05) is 12.1 Å². The molecule has 0 unspecified atom stereocenters. The van der Waals surface area contributed by atoms with E-state index < -0.39 is 10.7 Å². The van der Waals surface area contributed by atoms with Crippen molar-refractivity contribution in [3.63, 3.8) is 0 Å². The lowest BCUT2D eigenvalue weighted by Gasteiger charge is -2.19. The van der Waals surface area contributed by atoms with Crippen molar-refractivity contribution in [2.45, 2.75) is 4.90 Å². The molecule has 0 aliphatic carbocycles. The minimum absolute atomic E-state index is 0.0494. The quantitative estimate of drug-likeness (QED) is 0.490. The molecule has 1 amide bonds. The van der Waals surface area contributed by atoms with Crippen molar-refractivity contribution in [3.8, 4) is 0 Å². The lowest BCUT2D eigenvalue weighted by Crippen LogP contribution is -2.30. The Hall–Kier alpha value is -2.61. The SMILES string of the molecule is CSc1ccccc1NC(=O)CN(C)c1cc(F)ccc1[N+](=O)[O-]. The Balaban J connectivity index is 2.15. The molecule has 1 N–H and O–H groups in total. The third kappa shape index (κ3) is 4.23. The molecule has 0 heterocycles. The molecule has 8 heteroatoms. The van der Waals surface area contributed by atoms with Gasteiger partial charge in [-0.3, -0.25) is 14.9 Å². The predicted octanol–water partition coefficient (Wildman–Crippen LogP) is 3.53. The number of para-hydroxylation sites is 1. The second kappa shape index (κ2) is 7.78. The lowest BCUT2D eigenvalue weighted by atomic mass is 10.2. The second-order valence-corrected chi connectivity index (χ2v) is 5.84. The van der Waals surface area contributed by atoms with Gasteiger partial charge in [-0.05, 0) is 24.5 Å². The van der Waals surface area contributed by atoms with E-state index in [-0.39, 0.29) is 23.8 Å². The molecule has 2 aromatic rings. The molecular weight excluding hydrogens is 333 g/mol. The molecule has 0 fully saturated rings. The number of likely N-dealkylation sites (N-methyl/N-ethyl adjacent to an activating group) is 1. The summed E-state index contributed by atoms with van der Waals surface area (Å²) >= 11 is 1.49. The number of carbonyl (C=O) groups is 1. The summed E-state index contributed by atoms with van der Waals surface area (Å²) in [7, 11) is 1.50. The molecule has 2 rings (SSSR count). The summed E-state index contributed by atoms with van der Waals surface area (Å²) < 4.78 is 13.4. The maximum atomic E-state index is 13.4. The predicted molar refractivity (Wildman–Crippen MR) is 93.2 cm³/mol. The van der Waals surface area contributed by atoms with Crippen LogP contribution in [-0.2, 0) is 4.79 Å². The van der Waals surface area contributed by atoms with Crippen molar-refractivity contribution in [3.05, 3.63) is 58.4 Å². The van der Waals surface area contributed by atoms with Crippen LogP contribution in [0.2, 0.25) is 0 Å². The van der Waals surface area contributed by atoms with E-state index in [0.717, 1.165) is 23.1 Å². The average Bonchev–Trinajstić information content (AvgIpc) is 2.54. The van der Waals surface area contributed by atoms with Crippen LogP contribution in [0.5, 0.6) is 0 Å². The van der Waals surface area contributed by atoms with Crippen LogP contribution in [0, 0.1) is 15.9 Å². The first kappa shape index (κ1) is 17.7. The number of nitrogens with one attached hydrogen (secondary N) is 1. The van der Waals surface area contributed by atoms with E-state index in [1.807, 2.05) is 18.4 Å². The molecule has 0 aromatic heterocycles. The number of nitrogens with zero attached hydrogens (tertiary/aromatic N) is 2. The number of hydrogen-bond donors (Lipinski definition) is 1. The summed E-state index contributed by atoms with van der Waals surface area (Å²) in [6.45, 7) is -0.146. The third-order valence-corrected chi connectivity index (χ3v) is 4.10. The highest BCUT2D eigenvalue weighted by Crippen LogP contribution is 2.28. The standard InChI is InChI=1S/C16H16FN3O3S/c1-19(14-9-11(17)7-8-13(14)20(22)23)10-16(21)18-12-5-3-4-6-15(12)24-2/h3-9H,10H2,1-2H3,(H,18,21). The number of benzene rings is 2. The van der Waals surface area contributed by atoms with Gasteiger partial charge in [0.05, 0.1) is 17.2 Å². The van der Waals surface area contributed by atoms with Crippen LogP contribution in [0.4, 0.5) is 21.5 Å². The lowest BCUT2D eigenvalue weighted by molar-refractivity contribution is -0.384. The topological polar surface area (TPSA) is 75.5 Å². The van der Waals surface area contributed by atoms with E-state index in [1.54, 1.807) is 12.1 Å². The van der Waals surface area contributed by atoms with Gasteiger partial charge in [-0.2, -0.15) is 0 Å². The van der Waals surface area contributed by atoms with Gasteiger partial charge in [0.25, 0.3) is 5.69 Å². The molecule has 126 valence electrons. The first-order chi connectivity index (χ1) is 11.4. The molecule has 6 nitrogen and oxygen atoms in total. The highest BCUT2D eigenvalue weighted by molar-refractivity contribution is 7.98. The summed E-state index contributed by atoms with van der Waals surface area (Å²) in [5.74, 6) is -0.951. The number of carbonyl (C=O) groups excluding carboxylic acids is 1. The van der Waals surface area contributed by atoms with E-state index in [1.165, 1.54) is 23.7 Å². The van der Waals surface area contributed by atoms with Crippen molar-refractivity contribution < 1.29 is 14.1 Å². The number of thioether (sulfide) groups is 1. The maximum Gasteiger partial charge on any atom is 0.292 e. The average molecular weight is 349 g/mol.